The van der Waals surface area contributed by atoms with Gasteiger partial charge in [-0.25, -0.2) is 9.78 Å². The van der Waals surface area contributed by atoms with Gasteiger partial charge in [0, 0.05) is 6.20 Å². The second kappa shape index (κ2) is 6.43. The molecule has 1 aromatic heterocycles. The smallest absolute Gasteiger partial charge is 0.408 e. The van der Waals surface area contributed by atoms with Crippen molar-refractivity contribution >= 4 is 22.0 Å². The summed E-state index contributed by atoms with van der Waals surface area (Å²) in [5, 5.41) is 2.77. The third kappa shape index (κ3) is 6.23. The summed E-state index contributed by atoms with van der Waals surface area (Å²) < 4.78 is 11.6. The van der Waals surface area contributed by atoms with Crippen LogP contribution in [-0.2, 0) is 4.74 Å². The minimum absolute atomic E-state index is 0.280. The Labute approximate surface area is 128 Å². The molecule has 0 aromatic carbocycles. The highest BCUT2D eigenvalue weighted by atomic mass is 79.9. The molecule has 0 aliphatic rings. The Balaban J connectivity index is 2.53. The lowest BCUT2D eigenvalue weighted by atomic mass is 10.1. The third-order valence-corrected chi connectivity index (χ3v) is 2.74. The van der Waals surface area contributed by atoms with E-state index in [0.717, 1.165) is 4.47 Å². The number of ether oxygens (including phenoxy) is 2. The Bertz CT molecular complexity index is 470. The summed E-state index contributed by atoms with van der Waals surface area (Å²) in [6, 6.07) is 3.65. The lowest BCUT2D eigenvalue weighted by Crippen LogP contribution is -2.49. The van der Waals surface area contributed by atoms with Crippen molar-refractivity contribution in [3.63, 3.8) is 0 Å². The first kappa shape index (κ1) is 16.8. The monoisotopic (exact) mass is 344 g/mol. The van der Waals surface area contributed by atoms with Gasteiger partial charge in [-0.05, 0) is 62.7 Å². The number of nitrogens with zero attached hydrogens (tertiary/aromatic N) is 1. The van der Waals surface area contributed by atoms with E-state index in [0.29, 0.717) is 5.88 Å². The molecule has 0 saturated heterocycles. The molecule has 0 atom stereocenters. The van der Waals surface area contributed by atoms with Gasteiger partial charge in [-0.2, -0.15) is 0 Å². The van der Waals surface area contributed by atoms with Gasteiger partial charge in [-0.1, -0.05) is 0 Å². The summed E-state index contributed by atoms with van der Waals surface area (Å²) in [6.07, 6.45) is 1.18. The van der Waals surface area contributed by atoms with E-state index in [-0.39, 0.29) is 6.61 Å². The van der Waals surface area contributed by atoms with Crippen LogP contribution in [0.3, 0.4) is 0 Å². The Kier molecular flexibility index (Phi) is 5.39. The highest BCUT2D eigenvalue weighted by Crippen LogP contribution is 2.21. The second-order valence-corrected chi connectivity index (χ2v) is 6.94. The van der Waals surface area contributed by atoms with E-state index in [1.165, 1.54) is 0 Å². The predicted molar refractivity (Wildman–Crippen MR) is 80.9 cm³/mol. The van der Waals surface area contributed by atoms with E-state index in [1.807, 2.05) is 40.7 Å². The lowest BCUT2D eigenvalue weighted by Gasteiger charge is -2.28. The van der Waals surface area contributed by atoms with Crippen LogP contribution in [0, 0.1) is 0 Å². The Morgan fingerprint density at radius 1 is 1.35 bits per heavy atom. The largest absolute Gasteiger partial charge is 0.474 e. The number of aromatic nitrogens is 1. The molecule has 0 spiro atoms. The Morgan fingerprint density at radius 2 is 2.00 bits per heavy atom. The van der Waals surface area contributed by atoms with E-state index < -0.39 is 17.2 Å². The zero-order valence-electron chi connectivity index (χ0n) is 12.5. The lowest BCUT2D eigenvalue weighted by molar-refractivity contribution is 0.0439. The molecular formula is C14H21BrN2O3. The van der Waals surface area contributed by atoms with Gasteiger partial charge < -0.3 is 14.8 Å². The standard InChI is InChI=1S/C14H21BrN2O3/c1-13(2,3)20-12(18)17-14(4,5)9-19-11-10(15)7-6-8-16-11/h6-8H,9H2,1-5H3,(H,17,18). The van der Waals surface area contributed by atoms with Gasteiger partial charge in [0.2, 0.25) is 5.88 Å². The number of carbonyl (C=O) groups excluding carboxylic acids is 1. The van der Waals surface area contributed by atoms with Gasteiger partial charge in [-0.3, -0.25) is 0 Å². The van der Waals surface area contributed by atoms with Crippen molar-refractivity contribution in [3.05, 3.63) is 22.8 Å². The molecule has 1 heterocycles. The molecule has 0 radical (unpaired) electrons. The molecular weight excluding hydrogens is 324 g/mol. The van der Waals surface area contributed by atoms with Gasteiger partial charge in [0.1, 0.15) is 12.2 Å². The van der Waals surface area contributed by atoms with Crippen molar-refractivity contribution in [1.29, 1.82) is 0 Å². The van der Waals surface area contributed by atoms with Crippen LogP contribution in [0.2, 0.25) is 0 Å². The predicted octanol–water partition coefficient (Wildman–Crippen LogP) is 3.53. The molecule has 112 valence electrons. The zero-order chi connectivity index (χ0) is 15.4. The van der Waals surface area contributed by atoms with Gasteiger partial charge in [0.05, 0.1) is 10.0 Å². The molecule has 20 heavy (non-hydrogen) atoms. The summed E-state index contributed by atoms with van der Waals surface area (Å²) in [4.78, 5) is 15.8. The summed E-state index contributed by atoms with van der Waals surface area (Å²) >= 11 is 3.36. The maximum atomic E-state index is 11.7. The summed E-state index contributed by atoms with van der Waals surface area (Å²) in [6.45, 7) is 9.45. The maximum Gasteiger partial charge on any atom is 0.408 e. The van der Waals surface area contributed by atoms with Crippen LogP contribution in [0.5, 0.6) is 5.88 Å². The molecule has 0 saturated carbocycles. The normalized spacial score (nSPS) is 11.9. The highest BCUT2D eigenvalue weighted by Gasteiger charge is 2.25. The fourth-order valence-electron chi connectivity index (χ4n) is 1.34. The highest BCUT2D eigenvalue weighted by molar-refractivity contribution is 9.10. The van der Waals surface area contributed by atoms with Gasteiger partial charge >= 0.3 is 6.09 Å². The van der Waals surface area contributed by atoms with Crippen LogP contribution in [0.4, 0.5) is 4.79 Å². The molecule has 1 amide bonds. The molecule has 0 fully saturated rings. The quantitative estimate of drug-likeness (QED) is 0.907. The van der Waals surface area contributed by atoms with E-state index in [9.17, 15) is 4.79 Å². The van der Waals surface area contributed by atoms with E-state index in [4.69, 9.17) is 9.47 Å². The summed E-state index contributed by atoms with van der Waals surface area (Å²) in [5.41, 5.74) is -1.09. The van der Waals surface area contributed by atoms with Crippen molar-refractivity contribution in [2.45, 2.75) is 45.8 Å². The molecule has 0 unspecified atom stereocenters. The van der Waals surface area contributed by atoms with Crippen LogP contribution in [-0.4, -0.2) is 28.8 Å². The number of alkyl carbamates (subject to hydrolysis) is 1. The van der Waals surface area contributed by atoms with Crippen molar-refractivity contribution < 1.29 is 14.3 Å². The molecule has 1 aromatic rings. The zero-order valence-corrected chi connectivity index (χ0v) is 14.1. The van der Waals surface area contributed by atoms with E-state index in [1.54, 1.807) is 12.3 Å². The molecule has 6 heteroatoms. The molecule has 0 aliphatic carbocycles. The number of carbonyl (C=O) groups is 1. The van der Waals surface area contributed by atoms with Gasteiger partial charge in [0.25, 0.3) is 0 Å². The summed E-state index contributed by atoms with van der Waals surface area (Å²) in [7, 11) is 0. The van der Waals surface area contributed by atoms with Crippen LogP contribution < -0.4 is 10.1 Å². The van der Waals surface area contributed by atoms with Crippen LogP contribution >= 0.6 is 15.9 Å². The van der Waals surface area contributed by atoms with Gasteiger partial charge in [0.15, 0.2) is 0 Å². The summed E-state index contributed by atoms with van der Waals surface area (Å²) in [5.74, 6) is 0.492. The first-order valence-corrected chi connectivity index (χ1v) is 7.13. The number of halogens is 1. The van der Waals surface area contributed by atoms with Crippen LogP contribution in [0.1, 0.15) is 34.6 Å². The molecule has 0 aliphatic heterocycles. The Morgan fingerprint density at radius 3 is 2.55 bits per heavy atom. The number of pyridine rings is 1. The molecule has 1 rings (SSSR count). The van der Waals surface area contributed by atoms with E-state index in [2.05, 4.69) is 26.2 Å². The fourth-order valence-corrected chi connectivity index (χ4v) is 1.71. The number of hydrogen-bond donors (Lipinski definition) is 1. The molecule has 1 N–H and O–H groups in total. The number of rotatable bonds is 4. The minimum atomic E-state index is -0.570. The average molecular weight is 345 g/mol. The van der Waals surface area contributed by atoms with Crippen molar-refractivity contribution in [3.8, 4) is 5.88 Å². The first-order valence-electron chi connectivity index (χ1n) is 6.33. The van der Waals surface area contributed by atoms with Crippen molar-refractivity contribution in [2.75, 3.05) is 6.61 Å². The maximum absolute atomic E-state index is 11.7. The second-order valence-electron chi connectivity index (χ2n) is 6.09. The molecule has 0 bridgehead atoms. The number of hydrogen-bond acceptors (Lipinski definition) is 4. The van der Waals surface area contributed by atoms with Crippen LogP contribution in [0.25, 0.3) is 0 Å². The fraction of sp³-hybridized carbons (Fsp3) is 0.571. The van der Waals surface area contributed by atoms with Gasteiger partial charge in [-0.15, -0.1) is 0 Å². The Hall–Kier alpha value is -1.30. The third-order valence-electron chi connectivity index (χ3n) is 2.13. The van der Waals surface area contributed by atoms with Crippen molar-refractivity contribution in [1.82, 2.24) is 10.3 Å². The van der Waals surface area contributed by atoms with Crippen molar-refractivity contribution in [2.24, 2.45) is 0 Å². The van der Waals surface area contributed by atoms with E-state index >= 15 is 0 Å². The number of nitrogens with one attached hydrogen (secondary N) is 1. The topological polar surface area (TPSA) is 60.5 Å². The molecule has 5 nitrogen and oxygen atoms in total. The SMILES string of the molecule is CC(C)(COc1ncccc1Br)NC(=O)OC(C)(C)C. The minimum Gasteiger partial charge on any atom is -0.474 e. The number of amides is 1. The first-order chi connectivity index (χ1) is 9.09. The van der Waals surface area contributed by atoms with Crippen LogP contribution in [0.15, 0.2) is 22.8 Å². The average Bonchev–Trinajstić information content (AvgIpc) is 2.24.